The topological polar surface area (TPSA) is 52.9 Å². The van der Waals surface area contributed by atoms with E-state index in [9.17, 15) is 4.79 Å². The van der Waals surface area contributed by atoms with E-state index in [1.807, 2.05) is 18.1 Å². The first-order valence-corrected chi connectivity index (χ1v) is 4.09. The van der Waals surface area contributed by atoms with Crippen molar-refractivity contribution in [2.24, 2.45) is 11.0 Å². The Morgan fingerprint density at radius 3 is 3.15 bits per heavy atom. The van der Waals surface area contributed by atoms with Gasteiger partial charge in [-0.05, 0) is 6.08 Å². The van der Waals surface area contributed by atoms with E-state index in [0.29, 0.717) is 5.57 Å². The molecule has 4 heteroatoms. The molecule has 4 nitrogen and oxygen atoms in total. The Bertz CT molecular complexity index is 331. The molecule has 2 aliphatic rings. The van der Waals surface area contributed by atoms with Crippen LogP contribution < -0.4 is 0 Å². The van der Waals surface area contributed by atoms with Gasteiger partial charge in [0.2, 0.25) is 0 Å². The minimum Gasteiger partial charge on any atom is -0.478 e. The highest BCUT2D eigenvalue weighted by Crippen LogP contribution is 2.24. The summed E-state index contributed by atoms with van der Waals surface area (Å²) in [7, 11) is 1.88. The van der Waals surface area contributed by atoms with Crippen LogP contribution in [-0.2, 0) is 4.79 Å². The van der Waals surface area contributed by atoms with Crippen LogP contribution in [-0.4, -0.2) is 35.4 Å². The molecule has 0 radical (unpaired) electrons. The van der Waals surface area contributed by atoms with Crippen molar-refractivity contribution in [3.8, 4) is 0 Å². The Morgan fingerprint density at radius 1 is 1.69 bits per heavy atom. The minimum absolute atomic E-state index is 0.112. The van der Waals surface area contributed by atoms with Crippen molar-refractivity contribution in [1.82, 2.24) is 5.01 Å². The van der Waals surface area contributed by atoms with Crippen LogP contribution in [0.25, 0.3) is 0 Å². The highest BCUT2D eigenvalue weighted by atomic mass is 16.4. The standard InChI is InChI=1S/C9H10N2O2/c1-11-8-3-2-6(9(12)13)4-7(8)5-10-11/h2-5,7-8H,1H3,(H,12,13). The zero-order valence-electron chi connectivity index (χ0n) is 7.21. The fraction of sp³-hybridized carbons (Fsp3) is 0.333. The average molecular weight is 178 g/mol. The Balaban J connectivity index is 2.25. The Morgan fingerprint density at radius 2 is 2.46 bits per heavy atom. The maximum Gasteiger partial charge on any atom is 0.335 e. The van der Waals surface area contributed by atoms with E-state index in [2.05, 4.69) is 5.10 Å². The van der Waals surface area contributed by atoms with Gasteiger partial charge in [0.1, 0.15) is 0 Å². The second-order valence-corrected chi connectivity index (χ2v) is 3.19. The number of rotatable bonds is 1. The largest absolute Gasteiger partial charge is 0.478 e. The van der Waals surface area contributed by atoms with E-state index in [0.717, 1.165) is 0 Å². The van der Waals surface area contributed by atoms with Gasteiger partial charge in [-0.15, -0.1) is 0 Å². The van der Waals surface area contributed by atoms with E-state index < -0.39 is 5.97 Å². The summed E-state index contributed by atoms with van der Waals surface area (Å²) in [6.45, 7) is 0. The quantitative estimate of drug-likeness (QED) is 0.635. The minimum atomic E-state index is -0.877. The number of carboxylic acids is 1. The number of likely N-dealkylation sites (N-methyl/N-ethyl adjacent to an activating group) is 1. The molecule has 0 aromatic rings. The van der Waals surface area contributed by atoms with E-state index in [4.69, 9.17) is 5.11 Å². The van der Waals surface area contributed by atoms with E-state index in [1.54, 1.807) is 18.4 Å². The first-order chi connectivity index (χ1) is 6.18. The Hall–Kier alpha value is -1.58. The molecule has 0 saturated heterocycles. The number of hydrazone groups is 1. The van der Waals surface area contributed by atoms with Gasteiger partial charge in [-0.1, -0.05) is 12.2 Å². The fourth-order valence-corrected chi connectivity index (χ4v) is 1.60. The molecule has 0 bridgehead atoms. The van der Waals surface area contributed by atoms with Crippen molar-refractivity contribution in [3.05, 3.63) is 23.8 Å². The van der Waals surface area contributed by atoms with Crippen LogP contribution >= 0.6 is 0 Å². The number of carboxylic acid groups (broad SMARTS) is 1. The lowest BCUT2D eigenvalue weighted by Gasteiger charge is -2.21. The second-order valence-electron chi connectivity index (χ2n) is 3.19. The predicted molar refractivity (Wildman–Crippen MR) is 48.4 cm³/mol. The first-order valence-electron chi connectivity index (χ1n) is 4.09. The van der Waals surface area contributed by atoms with Gasteiger partial charge in [-0.3, -0.25) is 5.01 Å². The molecule has 0 aromatic heterocycles. The van der Waals surface area contributed by atoms with Crippen LogP contribution in [0.4, 0.5) is 0 Å². The van der Waals surface area contributed by atoms with Gasteiger partial charge in [0.25, 0.3) is 0 Å². The van der Waals surface area contributed by atoms with Crippen LogP contribution in [0.5, 0.6) is 0 Å². The van der Waals surface area contributed by atoms with E-state index >= 15 is 0 Å². The summed E-state index contributed by atoms with van der Waals surface area (Å²) in [5, 5.41) is 14.7. The van der Waals surface area contributed by atoms with Crippen molar-refractivity contribution >= 4 is 12.2 Å². The molecule has 0 fully saturated rings. The van der Waals surface area contributed by atoms with Crippen molar-refractivity contribution in [2.75, 3.05) is 7.05 Å². The van der Waals surface area contributed by atoms with Gasteiger partial charge in [-0.25, -0.2) is 4.79 Å². The molecule has 2 atom stereocenters. The number of carbonyl (C=O) groups is 1. The molecule has 0 aromatic carbocycles. The molecular formula is C9H10N2O2. The zero-order valence-corrected chi connectivity index (χ0v) is 7.21. The third-order valence-corrected chi connectivity index (χ3v) is 2.34. The monoisotopic (exact) mass is 178 g/mol. The van der Waals surface area contributed by atoms with E-state index in [1.165, 1.54) is 0 Å². The SMILES string of the molecule is CN1N=CC2C=C(C(=O)O)C=CC21. The Labute approximate surface area is 75.8 Å². The number of hydrogen-bond donors (Lipinski definition) is 1. The van der Waals surface area contributed by atoms with Gasteiger partial charge >= 0.3 is 5.97 Å². The maximum atomic E-state index is 10.6. The van der Waals surface area contributed by atoms with Gasteiger partial charge in [0.05, 0.1) is 11.6 Å². The molecule has 1 aliphatic carbocycles. The highest BCUT2D eigenvalue weighted by molar-refractivity contribution is 5.91. The molecule has 1 N–H and O–H groups in total. The van der Waals surface area contributed by atoms with Crippen molar-refractivity contribution in [1.29, 1.82) is 0 Å². The molecule has 68 valence electrons. The lowest BCUT2D eigenvalue weighted by molar-refractivity contribution is -0.132. The molecule has 1 heterocycles. The number of fused-ring (bicyclic) bond motifs is 1. The summed E-state index contributed by atoms with van der Waals surface area (Å²) in [6, 6.07) is 0.197. The van der Waals surface area contributed by atoms with Crippen LogP contribution in [0, 0.1) is 5.92 Å². The summed E-state index contributed by atoms with van der Waals surface area (Å²) >= 11 is 0. The summed E-state index contributed by atoms with van der Waals surface area (Å²) in [5.41, 5.74) is 0.350. The van der Waals surface area contributed by atoms with Crippen molar-refractivity contribution in [3.63, 3.8) is 0 Å². The number of nitrogens with zero attached hydrogens (tertiary/aromatic N) is 2. The highest BCUT2D eigenvalue weighted by Gasteiger charge is 2.28. The van der Waals surface area contributed by atoms with E-state index in [-0.39, 0.29) is 12.0 Å². The molecular weight excluding hydrogens is 168 g/mol. The lowest BCUT2D eigenvalue weighted by atomic mass is 9.93. The molecule has 2 rings (SSSR count). The predicted octanol–water partition coefficient (Wildman–Crippen LogP) is 0.483. The van der Waals surface area contributed by atoms with Crippen LogP contribution in [0.1, 0.15) is 0 Å². The number of hydrogen-bond acceptors (Lipinski definition) is 3. The molecule has 0 amide bonds. The van der Waals surface area contributed by atoms with Crippen LogP contribution in [0.2, 0.25) is 0 Å². The number of aliphatic carboxylic acids is 1. The third kappa shape index (κ3) is 1.24. The molecule has 0 saturated carbocycles. The van der Waals surface area contributed by atoms with Crippen LogP contribution in [0.3, 0.4) is 0 Å². The van der Waals surface area contributed by atoms with Gasteiger partial charge in [-0.2, -0.15) is 5.10 Å². The van der Waals surface area contributed by atoms with Crippen molar-refractivity contribution in [2.45, 2.75) is 6.04 Å². The molecule has 0 spiro atoms. The van der Waals surface area contributed by atoms with Crippen LogP contribution in [0.15, 0.2) is 28.9 Å². The second kappa shape index (κ2) is 2.73. The summed E-state index contributed by atoms with van der Waals surface area (Å²) in [5.74, 6) is -0.765. The smallest absolute Gasteiger partial charge is 0.335 e. The van der Waals surface area contributed by atoms with Gasteiger partial charge in [0.15, 0.2) is 0 Å². The maximum absolute atomic E-state index is 10.6. The van der Waals surface area contributed by atoms with Crippen molar-refractivity contribution < 1.29 is 9.90 Å². The van der Waals surface area contributed by atoms with Gasteiger partial charge in [0, 0.05) is 19.2 Å². The molecule has 1 aliphatic heterocycles. The normalized spacial score (nSPS) is 30.2. The fourth-order valence-electron chi connectivity index (χ4n) is 1.60. The summed E-state index contributed by atoms with van der Waals surface area (Å²) in [4.78, 5) is 10.6. The third-order valence-electron chi connectivity index (χ3n) is 2.34. The zero-order chi connectivity index (χ0) is 9.42. The summed E-state index contributed by atoms with van der Waals surface area (Å²) in [6.07, 6.45) is 7.02. The molecule has 2 unspecified atom stereocenters. The lowest BCUT2D eigenvalue weighted by Crippen LogP contribution is -2.28. The van der Waals surface area contributed by atoms with Gasteiger partial charge < -0.3 is 5.11 Å². The summed E-state index contributed by atoms with van der Waals surface area (Å²) < 4.78 is 0. The average Bonchev–Trinajstić information content (AvgIpc) is 2.47. The Kier molecular flexibility index (Phi) is 1.69. The first kappa shape index (κ1) is 8.04. The molecule has 13 heavy (non-hydrogen) atoms.